The molecule has 0 aliphatic heterocycles. The minimum Gasteiger partial charge on any atom is -0.493 e. The Morgan fingerprint density at radius 2 is 1.73 bits per heavy atom. The zero-order chi connectivity index (χ0) is 21.5. The van der Waals surface area contributed by atoms with Crippen LogP contribution in [0.5, 0.6) is 11.5 Å². The highest BCUT2D eigenvalue weighted by molar-refractivity contribution is 5.94. The molecular formula is C26H33NO3. The molecule has 0 unspecified atom stereocenters. The number of ether oxygens (including phenoxy) is 2. The van der Waals surface area contributed by atoms with Crippen molar-refractivity contribution in [1.82, 2.24) is 4.90 Å². The van der Waals surface area contributed by atoms with Crippen LogP contribution in [0.3, 0.4) is 0 Å². The van der Waals surface area contributed by atoms with Crippen LogP contribution in [0.4, 0.5) is 0 Å². The molecule has 0 heterocycles. The van der Waals surface area contributed by atoms with Crippen molar-refractivity contribution in [2.75, 3.05) is 7.11 Å². The van der Waals surface area contributed by atoms with Crippen molar-refractivity contribution < 1.29 is 14.3 Å². The second-order valence-corrected chi connectivity index (χ2v) is 8.24. The molecule has 4 heteroatoms. The average Bonchev–Trinajstić information content (AvgIpc) is 2.75. The SMILES string of the molecule is C=COc1cc(Cc2ccc(C(=O)N(C(C)C)C3CCCCC3)cc2)ccc1OC. The van der Waals surface area contributed by atoms with Crippen molar-refractivity contribution in [3.05, 3.63) is 72.0 Å². The van der Waals surface area contributed by atoms with Gasteiger partial charge in [-0.05, 0) is 68.5 Å². The molecule has 0 N–H and O–H groups in total. The van der Waals surface area contributed by atoms with E-state index in [1.54, 1.807) is 7.11 Å². The van der Waals surface area contributed by atoms with Gasteiger partial charge in [-0.15, -0.1) is 0 Å². The molecule has 1 fully saturated rings. The van der Waals surface area contributed by atoms with E-state index >= 15 is 0 Å². The van der Waals surface area contributed by atoms with E-state index in [4.69, 9.17) is 9.47 Å². The molecule has 0 radical (unpaired) electrons. The fourth-order valence-corrected chi connectivity index (χ4v) is 4.34. The highest BCUT2D eigenvalue weighted by atomic mass is 16.5. The van der Waals surface area contributed by atoms with Crippen LogP contribution in [0, 0.1) is 0 Å². The van der Waals surface area contributed by atoms with E-state index in [9.17, 15) is 4.79 Å². The van der Waals surface area contributed by atoms with Crippen molar-refractivity contribution in [2.24, 2.45) is 0 Å². The number of rotatable bonds is 8. The Labute approximate surface area is 180 Å². The zero-order valence-corrected chi connectivity index (χ0v) is 18.4. The number of nitrogens with zero attached hydrogens (tertiary/aromatic N) is 1. The number of hydrogen-bond acceptors (Lipinski definition) is 3. The van der Waals surface area contributed by atoms with Crippen molar-refractivity contribution in [3.8, 4) is 11.5 Å². The normalized spacial score (nSPS) is 14.4. The van der Waals surface area contributed by atoms with E-state index in [1.807, 2.05) is 42.5 Å². The summed E-state index contributed by atoms with van der Waals surface area (Å²) in [5, 5.41) is 0. The Morgan fingerprint density at radius 1 is 1.07 bits per heavy atom. The van der Waals surface area contributed by atoms with Crippen LogP contribution in [0.1, 0.15) is 67.4 Å². The van der Waals surface area contributed by atoms with E-state index in [-0.39, 0.29) is 11.9 Å². The summed E-state index contributed by atoms with van der Waals surface area (Å²) in [6.45, 7) is 7.85. The average molecular weight is 408 g/mol. The number of carbonyl (C=O) groups excluding carboxylic acids is 1. The third-order valence-corrected chi connectivity index (χ3v) is 5.81. The Balaban J connectivity index is 1.73. The molecule has 0 saturated heterocycles. The molecule has 3 rings (SSSR count). The fraction of sp³-hybridized carbons (Fsp3) is 0.423. The van der Waals surface area contributed by atoms with Crippen LogP contribution in [-0.4, -0.2) is 30.0 Å². The Bertz CT molecular complexity index is 851. The molecule has 1 amide bonds. The number of amides is 1. The molecule has 160 valence electrons. The highest BCUT2D eigenvalue weighted by Crippen LogP contribution is 2.29. The maximum absolute atomic E-state index is 13.2. The summed E-state index contributed by atoms with van der Waals surface area (Å²) >= 11 is 0. The van der Waals surface area contributed by atoms with Crippen molar-refractivity contribution >= 4 is 5.91 Å². The van der Waals surface area contributed by atoms with Gasteiger partial charge in [-0.2, -0.15) is 0 Å². The van der Waals surface area contributed by atoms with Crippen LogP contribution in [-0.2, 0) is 6.42 Å². The first-order valence-corrected chi connectivity index (χ1v) is 10.9. The third kappa shape index (κ3) is 5.24. The second-order valence-electron chi connectivity index (χ2n) is 8.24. The summed E-state index contributed by atoms with van der Waals surface area (Å²) in [7, 11) is 1.62. The first kappa shape index (κ1) is 21.9. The molecule has 0 atom stereocenters. The highest BCUT2D eigenvalue weighted by Gasteiger charge is 2.28. The van der Waals surface area contributed by atoms with Crippen LogP contribution in [0.25, 0.3) is 0 Å². The van der Waals surface area contributed by atoms with E-state index < -0.39 is 0 Å². The van der Waals surface area contributed by atoms with Crippen molar-refractivity contribution in [2.45, 2.75) is 64.5 Å². The predicted molar refractivity (Wildman–Crippen MR) is 121 cm³/mol. The lowest BCUT2D eigenvalue weighted by Crippen LogP contribution is -2.45. The number of carbonyl (C=O) groups is 1. The van der Waals surface area contributed by atoms with E-state index in [0.717, 1.165) is 36.0 Å². The molecule has 0 bridgehead atoms. The number of methoxy groups -OCH3 is 1. The molecule has 1 aliphatic rings. The minimum atomic E-state index is 0.148. The summed E-state index contributed by atoms with van der Waals surface area (Å²) < 4.78 is 10.8. The molecule has 1 saturated carbocycles. The first-order chi connectivity index (χ1) is 14.5. The number of benzene rings is 2. The zero-order valence-electron chi connectivity index (χ0n) is 18.4. The molecule has 0 spiro atoms. The minimum absolute atomic E-state index is 0.148. The summed E-state index contributed by atoms with van der Waals surface area (Å²) in [6.07, 6.45) is 8.12. The Hall–Kier alpha value is -2.75. The molecule has 30 heavy (non-hydrogen) atoms. The van der Waals surface area contributed by atoms with Gasteiger partial charge in [-0.3, -0.25) is 4.79 Å². The van der Waals surface area contributed by atoms with E-state index in [1.165, 1.54) is 25.5 Å². The molecule has 1 aliphatic carbocycles. The van der Waals surface area contributed by atoms with Gasteiger partial charge >= 0.3 is 0 Å². The molecule has 2 aromatic carbocycles. The molecule has 0 aromatic heterocycles. The van der Waals surface area contributed by atoms with Crippen molar-refractivity contribution in [3.63, 3.8) is 0 Å². The van der Waals surface area contributed by atoms with Gasteiger partial charge in [0.05, 0.1) is 13.4 Å². The third-order valence-electron chi connectivity index (χ3n) is 5.81. The van der Waals surface area contributed by atoms with Crippen LogP contribution in [0.15, 0.2) is 55.3 Å². The van der Waals surface area contributed by atoms with Gasteiger partial charge in [0.1, 0.15) is 0 Å². The summed E-state index contributed by atoms with van der Waals surface area (Å²) in [5.41, 5.74) is 3.02. The lowest BCUT2D eigenvalue weighted by Gasteiger charge is -2.37. The van der Waals surface area contributed by atoms with Crippen LogP contribution < -0.4 is 9.47 Å². The van der Waals surface area contributed by atoms with Crippen LogP contribution >= 0.6 is 0 Å². The lowest BCUT2D eigenvalue weighted by molar-refractivity contribution is 0.0555. The fourth-order valence-electron chi connectivity index (χ4n) is 4.34. The van der Waals surface area contributed by atoms with Gasteiger partial charge in [-0.1, -0.05) is 44.0 Å². The van der Waals surface area contributed by atoms with Crippen molar-refractivity contribution in [1.29, 1.82) is 0 Å². The summed E-state index contributed by atoms with van der Waals surface area (Å²) in [5.74, 6) is 1.47. The smallest absolute Gasteiger partial charge is 0.254 e. The second kappa shape index (κ2) is 10.3. The van der Waals surface area contributed by atoms with Gasteiger partial charge in [0, 0.05) is 17.6 Å². The lowest BCUT2D eigenvalue weighted by atomic mass is 9.92. The molecule has 2 aromatic rings. The predicted octanol–water partition coefficient (Wildman–Crippen LogP) is 5.99. The maximum Gasteiger partial charge on any atom is 0.254 e. The summed E-state index contributed by atoms with van der Waals surface area (Å²) in [6, 6.07) is 14.5. The van der Waals surface area contributed by atoms with E-state index in [2.05, 4.69) is 25.3 Å². The quantitative estimate of drug-likeness (QED) is 0.504. The monoisotopic (exact) mass is 407 g/mol. The number of hydrogen-bond donors (Lipinski definition) is 0. The maximum atomic E-state index is 13.2. The standard InChI is InChI=1S/C26H33NO3/c1-5-30-25-18-21(13-16-24(25)29-4)17-20-11-14-22(15-12-20)26(28)27(19(2)3)23-9-7-6-8-10-23/h5,11-16,18-19,23H,1,6-10,17H2,2-4H3. The summed E-state index contributed by atoms with van der Waals surface area (Å²) in [4.78, 5) is 15.3. The van der Waals surface area contributed by atoms with Gasteiger partial charge < -0.3 is 14.4 Å². The van der Waals surface area contributed by atoms with Gasteiger partial charge in [0.15, 0.2) is 11.5 Å². The van der Waals surface area contributed by atoms with E-state index in [0.29, 0.717) is 17.5 Å². The molecular weight excluding hydrogens is 374 g/mol. The van der Waals surface area contributed by atoms with Gasteiger partial charge in [-0.25, -0.2) is 0 Å². The van der Waals surface area contributed by atoms with Crippen LogP contribution in [0.2, 0.25) is 0 Å². The Kier molecular flexibility index (Phi) is 7.56. The first-order valence-electron chi connectivity index (χ1n) is 10.9. The van der Waals surface area contributed by atoms with Gasteiger partial charge in [0.2, 0.25) is 0 Å². The van der Waals surface area contributed by atoms with Gasteiger partial charge in [0.25, 0.3) is 5.91 Å². The Morgan fingerprint density at radius 3 is 2.33 bits per heavy atom. The topological polar surface area (TPSA) is 38.8 Å². The molecule has 4 nitrogen and oxygen atoms in total. The largest absolute Gasteiger partial charge is 0.493 e.